The first kappa shape index (κ1) is 9.58. The van der Waals surface area contributed by atoms with Crippen molar-refractivity contribution in [3.05, 3.63) is 0 Å². The summed E-state index contributed by atoms with van der Waals surface area (Å²) in [5, 5.41) is 8.79. The maximum absolute atomic E-state index is 8.79. The predicted molar refractivity (Wildman–Crippen MR) is 50.6 cm³/mol. The van der Waals surface area contributed by atoms with Crippen molar-refractivity contribution in [3.8, 4) is 6.07 Å². The van der Waals surface area contributed by atoms with Crippen molar-refractivity contribution in [1.82, 2.24) is 0 Å². The van der Waals surface area contributed by atoms with Gasteiger partial charge in [-0.2, -0.15) is 5.26 Å². The van der Waals surface area contributed by atoms with Crippen LogP contribution in [0.15, 0.2) is 0 Å². The average Bonchev–Trinajstić information content (AvgIpc) is 2.73. The van der Waals surface area contributed by atoms with Gasteiger partial charge >= 0.3 is 0 Å². The molecule has 1 heteroatoms. The second kappa shape index (κ2) is 3.94. The molecular formula is C11H19N. The van der Waals surface area contributed by atoms with Crippen molar-refractivity contribution in [1.29, 1.82) is 5.26 Å². The van der Waals surface area contributed by atoms with E-state index in [4.69, 9.17) is 5.26 Å². The minimum absolute atomic E-state index is 0.0617. The van der Waals surface area contributed by atoms with Crippen molar-refractivity contribution in [2.75, 3.05) is 0 Å². The van der Waals surface area contributed by atoms with E-state index in [1.165, 1.54) is 32.1 Å². The number of nitrogens with zero attached hydrogens (tertiary/aromatic N) is 1. The third-order valence-electron chi connectivity index (χ3n) is 3.07. The second-order valence-corrected chi connectivity index (χ2v) is 4.28. The molecule has 1 aliphatic carbocycles. The molecule has 68 valence electrons. The van der Waals surface area contributed by atoms with E-state index in [-0.39, 0.29) is 5.41 Å². The van der Waals surface area contributed by atoms with Crippen molar-refractivity contribution in [3.63, 3.8) is 0 Å². The molecule has 1 saturated carbocycles. The maximum atomic E-state index is 8.79. The third-order valence-corrected chi connectivity index (χ3v) is 3.07. The van der Waals surface area contributed by atoms with Gasteiger partial charge in [-0.15, -0.1) is 0 Å². The van der Waals surface area contributed by atoms with Gasteiger partial charge in [0.25, 0.3) is 0 Å². The number of hydrogen-bond acceptors (Lipinski definition) is 1. The molecule has 2 unspecified atom stereocenters. The van der Waals surface area contributed by atoms with Gasteiger partial charge in [0.2, 0.25) is 0 Å². The summed E-state index contributed by atoms with van der Waals surface area (Å²) >= 11 is 0. The lowest BCUT2D eigenvalue weighted by Crippen LogP contribution is -1.92. The van der Waals surface area contributed by atoms with E-state index in [2.05, 4.69) is 19.9 Å². The lowest BCUT2D eigenvalue weighted by molar-refractivity contribution is 0.542. The van der Waals surface area contributed by atoms with Crippen LogP contribution >= 0.6 is 0 Å². The van der Waals surface area contributed by atoms with Crippen LogP contribution in [0.2, 0.25) is 0 Å². The molecule has 1 nitrogen and oxygen atoms in total. The van der Waals surface area contributed by atoms with Crippen molar-refractivity contribution in [2.45, 2.75) is 52.4 Å². The van der Waals surface area contributed by atoms with E-state index < -0.39 is 0 Å². The number of unbranched alkanes of at least 4 members (excludes halogenated alkanes) is 3. The molecule has 0 aliphatic heterocycles. The molecule has 0 aromatic heterocycles. The Morgan fingerprint density at radius 2 is 2.17 bits per heavy atom. The summed E-state index contributed by atoms with van der Waals surface area (Å²) in [5.74, 6) is 0.722. The molecule has 0 spiro atoms. The summed E-state index contributed by atoms with van der Waals surface area (Å²) in [4.78, 5) is 0. The Morgan fingerprint density at radius 1 is 1.42 bits per heavy atom. The molecule has 1 aliphatic rings. The summed E-state index contributed by atoms with van der Waals surface area (Å²) in [7, 11) is 0. The molecule has 1 rings (SSSR count). The van der Waals surface area contributed by atoms with Gasteiger partial charge in [0.1, 0.15) is 0 Å². The van der Waals surface area contributed by atoms with E-state index in [1.54, 1.807) is 0 Å². The Kier molecular flexibility index (Phi) is 3.14. The number of rotatable bonds is 5. The lowest BCUT2D eigenvalue weighted by Gasteiger charge is -2.00. The molecule has 0 radical (unpaired) electrons. The monoisotopic (exact) mass is 165 g/mol. The van der Waals surface area contributed by atoms with Crippen molar-refractivity contribution >= 4 is 0 Å². The van der Waals surface area contributed by atoms with E-state index in [0.717, 1.165) is 12.3 Å². The van der Waals surface area contributed by atoms with Gasteiger partial charge in [-0.05, 0) is 25.7 Å². The summed E-state index contributed by atoms with van der Waals surface area (Å²) < 4.78 is 0. The highest BCUT2D eigenvalue weighted by Gasteiger charge is 2.49. The Hall–Kier alpha value is -0.510. The van der Waals surface area contributed by atoms with Crippen LogP contribution in [0.3, 0.4) is 0 Å². The van der Waals surface area contributed by atoms with Crippen LogP contribution in [0.4, 0.5) is 0 Å². The Balaban J connectivity index is 2.01. The molecule has 0 N–H and O–H groups in total. The topological polar surface area (TPSA) is 23.8 Å². The van der Waals surface area contributed by atoms with Gasteiger partial charge in [-0.1, -0.05) is 32.6 Å². The molecular weight excluding hydrogens is 146 g/mol. The highest BCUT2D eigenvalue weighted by Crippen LogP contribution is 2.54. The second-order valence-electron chi connectivity index (χ2n) is 4.28. The summed E-state index contributed by atoms with van der Waals surface area (Å²) in [6, 6.07) is 2.41. The molecule has 0 bridgehead atoms. The van der Waals surface area contributed by atoms with Crippen molar-refractivity contribution in [2.24, 2.45) is 11.3 Å². The van der Waals surface area contributed by atoms with Crippen LogP contribution in [0.25, 0.3) is 0 Å². The van der Waals surface area contributed by atoms with E-state index in [1.807, 2.05) is 0 Å². The molecule has 1 fully saturated rings. The van der Waals surface area contributed by atoms with Crippen LogP contribution in [0, 0.1) is 22.7 Å². The smallest absolute Gasteiger partial charge is 0.0689 e. The fraction of sp³-hybridized carbons (Fsp3) is 0.909. The Morgan fingerprint density at radius 3 is 2.67 bits per heavy atom. The van der Waals surface area contributed by atoms with Crippen LogP contribution in [-0.2, 0) is 0 Å². The zero-order chi connectivity index (χ0) is 9.03. The summed E-state index contributed by atoms with van der Waals surface area (Å²) in [5.41, 5.74) is 0.0617. The average molecular weight is 165 g/mol. The van der Waals surface area contributed by atoms with Crippen LogP contribution in [-0.4, -0.2) is 0 Å². The van der Waals surface area contributed by atoms with E-state index in [9.17, 15) is 0 Å². The molecule has 0 amide bonds. The van der Waals surface area contributed by atoms with Gasteiger partial charge in [-0.3, -0.25) is 0 Å². The zero-order valence-electron chi connectivity index (χ0n) is 8.27. The highest BCUT2D eigenvalue weighted by molar-refractivity contribution is 5.12. The molecule has 2 atom stereocenters. The quantitative estimate of drug-likeness (QED) is 0.572. The molecule has 0 heterocycles. The number of nitriles is 1. The number of hydrogen-bond donors (Lipinski definition) is 0. The first-order chi connectivity index (χ1) is 5.73. The van der Waals surface area contributed by atoms with Gasteiger partial charge in [0, 0.05) is 0 Å². The molecule has 0 aromatic rings. The summed E-state index contributed by atoms with van der Waals surface area (Å²) in [6.07, 6.45) is 7.78. The van der Waals surface area contributed by atoms with Gasteiger partial charge in [0.15, 0.2) is 0 Å². The predicted octanol–water partition coefficient (Wildman–Crippen LogP) is 3.51. The fourth-order valence-corrected chi connectivity index (χ4v) is 1.83. The molecule has 0 saturated heterocycles. The van der Waals surface area contributed by atoms with E-state index >= 15 is 0 Å². The first-order valence-corrected chi connectivity index (χ1v) is 5.14. The minimum atomic E-state index is 0.0617. The normalized spacial score (nSPS) is 32.9. The van der Waals surface area contributed by atoms with Gasteiger partial charge < -0.3 is 0 Å². The van der Waals surface area contributed by atoms with Crippen LogP contribution < -0.4 is 0 Å². The van der Waals surface area contributed by atoms with Gasteiger partial charge in [-0.25, -0.2) is 0 Å². The van der Waals surface area contributed by atoms with Crippen LogP contribution in [0.1, 0.15) is 52.4 Å². The largest absolute Gasteiger partial charge is 0.198 e. The first-order valence-electron chi connectivity index (χ1n) is 5.14. The van der Waals surface area contributed by atoms with Crippen LogP contribution in [0.5, 0.6) is 0 Å². The molecule has 12 heavy (non-hydrogen) atoms. The van der Waals surface area contributed by atoms with E-state index in [0.29, 0.717) is 0 Å². The highest BCUT2D eigenvalue weighted by atomic mass is 14.5. The Labute approximate surface area is 75.8 Å². The fourth-order valence-electron chi connectivity index (χ4n) is 1.83. The third kappa shape index (κ3) is 2.24. The standard InChI is InChI=1S/C11H19N/c1-3-4-5-6-7-10-8-11(10,2)9-12/h10H,3-8H2,1-2H3. The SMILES string of the molecule is CCCCCCC1CC1(C)C#N. The zero-order valence-corrected chi connectivity index (χ0v) is 8.27. The van der Waals surface area contributed by atoms with Crippen molar-refractivity contribution < 1.29 is 0 Å². The lowest BCUT2D eigenvalue weighted by atomic mass is 10.0. The molecule has 0 aromatic carbocycles. The van der Waals surface area contributed by atoms with Gasteiger partial charge in [0.05, 0.1) is 11.5 Å². The summed E-state index contributed by atoms with van der Waals surface area (Å²) in [6.45, 7) is 4.33. The Bertz CT molecular complexity index is 180. The minimum Gasteiger partial charge on any atom is -0.198 e. The maximum Gasteiger partial charge on any atom is 0.0689 e.